The van der Waals surface area contributed by atoms with Gasteiger partial charge in [0, 0.05) is 11.8 Å². The highest BCUT2D eigenvalue weighted by Gasteiger charge is 2.31. The molecular weight excluding hydrogens is 387 g/mol. The molecule has 1 heterocycles. The van der Waals surface area contributed by atoms with Gasteiger partial charge in [-0.15, -0.1) is 0 Å². The van der Waals surface area contributed by atoms with E-state index in [-0.39, 0.29) is 11.6 Å². The lowest BCUT2D eigenvalue weighted by Gasteiger charge is -2.17. The maximum absolute atomic E-state index is 14.7. The van der Waals surface area contributed by atoms with Crippen LogP contribution in [-0.4, -0.2) is 19.6 Å². The van der Waals surface area contributed by atoms with Gasteiger partial charge in [0.1, 0.15) is 18.2 Å². The van der Waals surface area contributed by atoms with Crippen molar-refractivity contribution >= 4 is 21.7 Å². The van der Waals surface area contributed by atoms with Crippen molar-refractivity contribution in [1.29, 1.82) is 0 Å². The van der Waals surface area contributed by atoms with Crippen LogP contribution in [0.1, 0.15) is 46.4 Å². The number of halogens is 1. The smallest absolute Gasteiger partial charge is 0.333 e. The highest BCUT2D eigenvalue weighted by Crippen LogP contribution is 2.40. The molecule has 1 aromatic heterocycles. The summed E-state index contributed by atoms with van der Waals surface area (Å²) in [6.07, 6.45) is 4.16. The summed E-state index contributed by atoms with van der Waals surface area (Å²) in [4.78, 5) is 12.5. The van der Waals surface area contributed by atoms with E-state index in [1.807, 2.05) is 4.72 Å². The first kappa shape index (κ1) is 18.9. The van der Waals surface area contributed by atoms with E-state index in [4.69, 9.17) is 9.52 Å². The molecular formula is C19H21FN2O5S. The second-order valence-electron chi connectivity index (χ2n) is 7.20. The van der Waals surface area contributed by atoms with Gasteiger partial charge in [0.05, 0.1) is 0 Å². The molecule has 2 aliphatic carbocycles. The summed E-state index contributed by atoms with van der Waals surface area (Å²) in [5.41, 5.74) is 3.81. The van der Waals surface area contributed by atoms with Gasteiger partial charge >= 0.3 is 6.03 Å². The zero-order valence-electron chi connectivity index (χ0n) is 15.4. The lowest BCUT2D eigenvalue weighted by Crippen LogP contribution is -2.34. The standard InChI is InChI=1S/C19H21FN2O5S/c1-10-8-16(27-15(10)9-23)28(25,26)22-19(24)21-18-13-6-2-4-11(13)17(20)12-5-3-7-14(12)18/h8,23H,2-7,9H2,1H3,(H2,21,22,24). The number of aryl methyl sites for hydroxylation is 1. The van der Waals surface area contributed by atoms with Gasteiger partial charge in [0.25, 0.3) is 10.0 Å². The number of aliphatic hydroxyl groups excluding tert-OH is 1. The Morgan fingerprint density at radius 2 is 1.71 bits per heavy atom. The summed E-state index contributed by atoms with van der Waals surface area (Å²) >= 11 is 0. The fourth-order valence-electron chi connectivity index (χ4n) is 4.13. The van der Waals surface area contributed by atoms with Crippen molar-refractivity contribution in [2.45, 2.75) is 57.1 Å². The predicted octanol–water partition coefficient (Wildman–Crippen LogP) is 2.71. The zero-order chi connectivity index (χ0) is 20.1. The first-order valence-electron chi connectivity index (χ1n) is 9.20. The molecule has 2 amide bonds. The molecule has 0 unspecified atom stereocenters. The van der Waals surface area contributed by atoms with Crippen molar-refractivity contribution in [3.05, 3.63) is 45.5 Å². The molecule has 0 aliphatic heterocycles. The second-order valence-corrected chi connectivity index (χ2v) is 8.81. The Bertz CT molecular complexity index is 1040. The molecule has 0 bridgehead atoms. The van der Waals surface area contributed by atoms with E-state index in [9.17, 15) is 17.6 Å². The zero-order valence-corrected chi connectivity index (χ0v) is 16.2. The van der Waals surface area contributed by atoms with Gasteiger partial charge in [-0.05, 0) is 73.3 Å². The average Bonchev–Trinajstić information content (AvgIpc) is 3.37. The molecule has 0 saturated carbocycles. The van der Waals surface area contributed by atoms with Gasteiger partial charge in [-0.2, -0.15) is 8.42 Å². The van der Waals surface area contributed by atoms with E-state index in [2.05, 4.69) is 5.32 Å². The number of urea groups is 1. The minimum Gasteiger partial charge on any atom is -0.445 e. The first-order chi connectivity index (χ1) is 13.3. The maximum Gasteiger partial charge on any atom is 0.333 e. The highest BCUT2D eigenvalue weighted by atomic mass is 32.2. The Balaban J connectivity index is 1.61. The molecule has 9 heteroatoms. The molecule has 2 aliphatic rings. The second kappa shape index (κ2) is 6.89. The number of amides is 2. The fourth-order valence-corrected chi connectivity index (χ4v) is 5.07. The highest BCUT2D eigenvalue weighted by molar-refractivity contribution is 7.89. The van der Waals surface area contributed by atoms with Crippen LogP contribution in [0.4, 0.5) is 14.9 Å². The van der Waals surface area contributed by atoms with E-state index >= 15 is 0 Å². The van der Waals surface area contributed by atoms with Gasteiger partial charge in [-0.1, -0.05) is 0 Å². The number of benzene rings is 1. The predicted molar refractivity (Wildman–Crippen MR) is 99.2 cm³/mol. The fraction of sp³-hybridized carbons (Fsp3) is 0.421. The summed E-state index contributed by atoms with van der Waals surface area (Å²) in [6, 6.07) is 0.323. The number of rotatable bonds is 4. The number of anilines is 1. The molecule has 28 heavy (non-hydrogen) atoms. The molecule has 0 atom stereocenters. The topological polar surface area (TPSA) is 109 Å². The van der Waals surface area contributed by atoms with E-state index in [0.29, 0.717) is 48.1 Å². The van der Waals surface area contributed by atoms with Crippen molar-refractivity contribution < 1.29 is 27.1 Å². The van der Waals surface area contributed by atoms with E-state index < -0.39 is 27.8 Å². The summed E-state index contributed by atoms with van der Waals surface area (Å²) in [5.74, 6) is -0.0452. The Labute approximate surface area is 162 Å². The van der Waals surface area contributed by atoms with Crippen molar-refractivity contribution in [2.24, 2.45) is 0 Å². The third-order valence-electron chi connectivity index (χ3n) is 5.44. The minimum absolute atomic E-state index is 0.120. The van der Waals surface area contributed by atoms with Crippen molar-refractivity contribution in [3.8, 4) is 0 Å². The van der Waals surface area contributed by atoms with Crippen molar-refractivity contribution in [2.75, 3.05) is 5.32 Å². The summed E-state index contributed by atoms with van der Waals surface area (Å²) in [7, 11) is -4.24. The summed E-state index contributed by atoms with van der Waals surface area (Å²) < 4.78 is 46.6. The molecule has 0 radical (unpaired) electrons. The number of aliphatic hydroxyl groups is 1. The normalized spacial score (nSPS) is 15.4. The number of fused-ring (bicyclic) bond motifs is 2. The van der Waals surface area contributed by atoms with Gasteiger partial charge < -0.3 is 14.8 Å². The van der Waals surface area contributed by atoms with Crippen LogP contribution in [0.15, 0.2) is 15.6 Å². The van der Waals surface area contributed by atoms with Crippen LogP contribution in [0.2, 0.25) is 0 Å². The quantitative estimate of drug-likeness (QED) is 0.721. The molecule has 3 N–H and O–H groups in total. The van der Waals surface area contributed by atoms with E-state index in [0.717, 1.165) is 24.0 Å². The average molecular weight is 408 g/mol. The number of furan rings is 1. The van der Waals surface area contributed by atoms with Crippen LogP contribution >= 0.6 is 0 Å². The van der Waals surface area contributed by atoms with E-state index in [1.165, 1.54) is 6.07 Å². The van der Waals surface area contributed by atoms with Gasteiger partial charge in [-0.25, -0.2) is 13.9 Å². The van der Waals surface area contributed by atoms with Gasteiger partial charge in [-0.3, -0.25) is 0 Å². The monoisotopic (exact) mass is 408 g/mol. The van der Waals surface area contributed by atoms with Crippen LogP contribution in [-0.2, 0) is 42.3 Å². The van der Waals surface area contributed by atoms with Crippen molar-refractivity contribution in [1.82, 2.24) is 4.72 Å². The van der Waals surface area contributed by atoms with Crippen LogP contribution in [0.5, 0.6) is 0 Å². The van der Waals surface area contributed by atoms with E-state index in [1.54, 1.807) is 6.92 Å². The Morgan fingerprint density at radius 1 is 1.14 bits per heavy atom. The Kier molecular flexibility index (Phi) is 4.67. The molecule has 0 saturated heterocycles. The molecule has 2 aromatic rings. The number of carbonyl (C=O) groups is 1. The number of nitrogens with one attached hydrogen (secondary N) is 2. The van der Waals surface area contributed by atoms with Crippen molar-refractivity contribution in [3.63, 3.8) is 0 Å². The molecule has 0 spiro atoms. The SMILES string of the molecule is Cc1cc(S(=O)(=O)NC(=O)Nc2c3c(c(F)c4c2CCC4)CCC3)oc1CO. The van der Waals surface area contributed by atoms with Crippen LogP contribution in [0.3, 0.4) is 0 Å². The minimum atomic E-state index is -4.24. The lowest BCUT2D eigenvalue weighted by atomic mass is 9.98. The van der Waals surface area contributed by atoms with Crippen LogP contribution < -0.4 is 10.0 Å². The number of carbonyl (C=O) groups excluding carboxylic acids is 1. The van der Waals surface area contributed by atoms with Crippen LogP contribution in [0.25, 0.3) is 0 Å². The van der Waals surface area contributed by atoms with Gasteiger partial charge in [0.2, 0.25) is 5.09 Å². The largest absolute Gasteiger partial charge is 0.445 e. The molecule has 0 fully saturated rings. The third-order valence-corrected chi connectivity index (χ3v) is 6.63. The number of sulfonamides is 1. The number of hydrogen-bond acceptors (Lipinski definition) is 5. The van der Waals surface area contributed by atoms with Gasteiger partial charge in [0.15, 0.2) is 0 Å². The first-order valence-corrected chi connectivity index (χ1v) is 10.7. The Morgan fingerprint density at radius 3 is 2.25 bits per heavy atom. The molecule has 150 valence electrons. The Hall–Kier alpha value is -2.39. The maximum atomic E-state index is 14.7. The summed E-state index contributed by atoms with van der Waals surface area (Å²) in [6.45, 7) is 1.15. The molecule has 1 aromatic carbocycles. The third kappa shape index (κ3) is 3.08. The molecule has 7 nitrogen and oxygen atoms in total. The molecule has 4 rings (SSSR count). The number of hydrogen-bond donors (Lipinski definition) is 3. The van der Waals surface area contributed by atoms with Crippen LogP contribution in [0, 0.1) is 12.7 Å². The lowest BCUT2D eigenvalue weighted by molar-refractivity contribution is 0.235. The summed E-state index contributed by atoms with van der Waals surface area (Å²) in [5, 5.41) is 11.4.